The number of fused-ring (bicyclic) bond motifs is 5. The second-order valence-corrected chi connectivity index (χ2v) is 11.6. The van der Waals surface area contributed by atoms with Crippen molar-refractivity contribution in [3.05, 3.63) is 12.7 Å². The minimum absolute atomic E-state index is 0.166. The predicted molar refractivity (Wildman–Crippen MR) is 116 cm³/mol. The Hall–Kier alpha value is -0.670. The topological polar surface area (TPSA) is 57.5 Å². The zero-order valence-corrected chi connectivity index (χ0v) is 18.8. The Balaban J connectivity index is 1.53. The molecular formula is C26H42O3. The van der Waals surface area contributed by atoms with Crippen LogP contribution >= 0.6 is 0 Å². The number of aliphatic hydroxyl groups is 2. The average Bonchev–Trinajstić information content (AvgIpc) is 3.04. The molecule has 0 aromatic heterocycles. The summed E-state index contributed by atoms with van der Waals surface area (Å²) in [7, 11) is 0. The second kappa shape index (κ2) is 7.79. The maximum absolute atomic E-state index is 11.7. The molecule has 0 aliphatic heterocycles. The van der Waals surface area contributed by atoms with Gasteiger partial charge in [0.1, 0.15) is 0 Å². The third kappa shape index (κ3) is 3.45. The Labute approximate surface area is 177 Å². The van der Waals surface area contributed by atoms with E-state index in [4.69, 9.17) is 0 Å². The highest BCUT2D eigenvalue weighted by molar-refractivity contribution is 5.88. The first-order valence-corrected chi connectivity index (χ1v) is 12.2. The van der Waals surface area contributed by atoms with Crippen LogP contribution in [0.15, 0.2) is 12.7 Å². The molecule has 29 heavy (non-hydrogen) atoms. The van der Waals surface area contributed by atoms with Crippen LogP contribution in [0.4, 0.5) is 0 Å². The highest BCUT2D eigenvalue weighted by atomic mass is 16.3. The van der Waals surface area contributed by atoms with Crippen molar-refractivity contribution in [2.45, 2.75) is 97.2 Å². The van der Waals surface area contributed by atoms with E-state index < -0.39 is 0 Å². The molecule has 0 saturated heterocycles. The van der Waals surface area contributed by atoms with E-state index >= 15 is 0 Å². The fourth-order valence-corrected chi connectivity index (χ4v) is 8.85. The Morgan fingerprint density at radius 1 is 1.07 bits per heavy atom. The van der Waals surface area contributed by atoms with Gasteiger partial charge in [0.2, 0.25) is 0 Å². The summed E-state index contributed by atoms with van der Waals surface area (Å²) in [6, 6.07) is 0. The molecule has 0 spiro atoms. The first-order valence-electron chi connectivity index (χ1n) is 12.2. The van der Waals surface area contributed by atoms with Crippen molar-refractivity contribution in [2.75, 3.05) is 0 Å². The Morgan fingerprint density at radius 3 is 2.48 bits per heavy atom. The van der Waals surface area contributed by atoms with Gasteiger partial charge in [0.05, 0.1) is 12.2 Å². The van der Waals surface area contributed by atoms with Crippen LogP contribution < -0.4 is 0 Å². The summed E-state index contributed by atoms with van der Waals surface area (Å²) in [5.41, 5.74) is 0.598. The van der Waals surface area contributed by atoms with E-state index in [2.05, 4.69) is 27.4 Å². The van der Waals surface area contributed by atoms with E-state index in [0.717, 1.165) is 32.1 Å². The molecule has 0 aromatic carbocycles. The monoisotopic (exact) mass is 402 g/mol. The lowest BCUT2D eigenvalue weighted by Crippen LogP contribution is -2.58. The number of ketones is 1. The standard InChI is InChI=1S/C26H42O3/c1-5-18(27)7-6-16(2)20-8-9-21-24-22(11-13-26(20,21)4)25(3)12-10-19(28)14-17(25)15-23(24)29/h5,16-17,19-24,28-29H,1,6-15H2,2-4H3/t16-,17?,19-,20-,21+,22+,23-,24?,25?,26?/m1/s1. The van der Waals surface area contributed by atoms with Gasteiger partial charge in [-0.1, -0.05) is 27.4 Å². The maximum Gasteiger partial charge on any atom is 0.155 e. The smallest absolute Gasteiger partial charge is 0.155 e. The van der Waals surface area contributed by atoms with Crippen LogP contribution in [-0.4, -0.2) is 28.2 Å². The molecule has 0 bridgehead atoms. The zero-order chi connectivity index (χ0) is 21.0. The fourth-order valence-electron chi connectivity index (χ4n) is 8.85. The van der Waals surface area contributed by atoms with Crippen molar-refractivity contribution >= 4 is 5.78 Å². The van der Waals surface area contributed by atoms with Gasteiger partial charge in [-0.3, -0.25) is 4.79 Å². The summed E-state index contributed by atoms with van der Waals surface area (Å²) >= 11 is 0. The van der Waals surface area contributed by atoms with Gasteiger partial charge >= 0.3 is 0 Å². The first kappa shape index (κ1) is 21.6. The third-order valence-electron chi connectivity index (χ3n) is 10.5. The average molecular weight is 403 g/mol. The van der Waals surface area contributed by atoms with Gasteiger partial charge in [0.25, 0.3) is 0 Å². The molecule has 4 fully saturated rings. The van der Waals surface area contributed by atoms with Crippen LogP contribution in [0.1, 0.15) is 85.0 Å². The van der Waals surface area contributed by atoms with Gasteiger partial charge in [-0.25, -0.2) is 0 Å². The Morgan fingerprint density at radius 2 is 1.76 bits per heavy atom. The van der Waals surface area contributed by atoms with Crippen LogP contribution in [0, 0.1) is 46.3 Å². The first-order chi connectivity index (χ1) is 13.7. The predicted octanol–water partition coefficient (Wildman–Crippen LogP) is 5.15. The van der Waals surface area contributed by atoms with E-state index in [1.54, 1.807) is 0 Å². The van der Waals surface area contributed by atoms with Crippen molar-refractivity contribution in [1.29, 1.82) is 0 Å². The summed E-state index contributed by atoms with van der Waals surface area (Å²) in [5.74, 6) is 3.52. The second-order valence-electron chi connectivity index (χ2n) is 11.6. The molecular weight excluding hydrogens is 360 g/mol. The highest BCUT2D eigenvalue weighted by Gasteiger charge is 2.62. The van der Waals surface area contributed by atoms with Gasteiger partial charge < -0.3 is 10.2 Å². The molecule has 10 atom stereocenters. The minimum Gasteiger partial charge on any atom is -0.393 e. The highest BCUT2D eigenvalue weighted by Crippen LogP contribution is 2.68. The molecule has 4 rings (SSSR count). The van der Waals surface area contributed by atoms with Crippen molar-refractivity contribution in [2.24, 2.45) is 46.3 Å². The van der Waals surface area contributed by atoms with Crippen molar-refractivity contribution in [3.8, 4) is 0 Å². The molecule has 3 heteroatoms. The molecule has 4 saturated carbocycles. The number of rotatable bonds is 5. The molecule has 4 aliphatic carbocycles. The van der Waals surface area contributed by atoms with Gasteiger partial charge in [-0.2, -0.15) is 0 Å². The lowest BCUT2D eigenvalue weighted by atomic mass is 9.43. The van der Waals surface area contributed by atoms with Crippen molar-refractivity contribution in [1.82, 2.24) is 0 Å². The van der Waals surface area contributed by atoms with Gasteiger partial charge in [-0.05, 0) is 110 Å². The normalized spacial score (nSPS) is 50.2. The SMILES string of the molecule is C=CC(=O)CC[C@@H](C)[C@H]1CC[C@H]2C3[C@H](O)CC4C[C@H](O)CCC4(C)[C@H]3CCC12C. The molecule has 0 aromatic rings. The van der Waals surface area contributed by atoms with Gasteiger partial charge in [0.15, 0.2) is 5.78 Å². The van der Waals surface area contributed by atoms with Gasteiger partial charge in [0, 0.05) is 6.42 Å². The number of hydrogen-bond acceptors (Lipinski definition) is 3. The Bertz CT molecular complexity index is 644. The van der Waals surface area contributed by atoms with E-state index in [9.17, 15) is 15.0 Å². The van der Waals surface area contributed by atoms with Crippen LogP contribution in [0.25, 0.3) is 0 Å². The van der Waals surface area contributed by atoms with E-state index in [1.165, 1.54) is 31.8 Å². The molecule has 3 nitrogen and oxygen atoms in total. The van der Waals surface area contributed by atoms with Crippen LogP contribution in [0.3, 0.4) is 0 Å². The molecule has 4 unspecified atom stereocenters. The molecule has 164 valence electrons. The lowest BCUT2D eigenvalue weighted by molar-refractivity contribution is -0.174. The summed E-state index contributed by atoms with van der Waals surface area (Å²) in [6.07, 6.45) is 11.5. The van der Waals surface area contributed by atoms with Crippen LogP contribution in [0.2, 0.25) is 0 Å². The van der Waals surface area contributed by atoms with Crippen LogP contribution in [0.5, 0.6) is 0 Å². The molecule has 0 heterocycles. The van der Waals surface area contributed by atoms with E-state index in [1.807, 2.05) is 0 Å². The van der Waals surface area contributed by atoms with Crippen molar-refractivity contribution in [3.63, 3.8) is 0 Å². The summed E-state index contributed by atoms with van der Waals surface area (Å²) < 4.78 is 0. The lowest BCUT2D eigenvalue weighted by Gasteiger charge is -2.62. The molecule has 4 aliphatic rings. The van der Waals surface area contributed by atoms with Crippen molar-refractivity contribution < 1.29 is 15.0 Å². The number of carbonyl (C=O) groups is 1. The van der Waals surface area contributed by atoms with Gasteiger partial charge in [-0.15, -0.1) is 0 Å². The molecule has 0 amide bonds. The van der Waals surface area contributed by atoms with E-state index in [-0.39, 0.29) is 18.0 Å². The zero-order valence-electron chi connectivity index (χ0n) is 18.8. The summed E-state index contributed by atoms with van der Waals surface area (Å²) in [6.45, 7) is 10.9. The quantitative estimate of drug-likeness (QED) is 0.625. The fraction of sp³-hybridized carbons (Fsp3) is 0.885. The van der Waals surface area contributed by atoms with E-state index in [0.29, 0.717) is 52.8 Å². The third-order valence-corrected chi connectivity index (χ3v) is 10.5. The maximum atomic E-state index is 11.7. The largest absolute Gasteiger partial charge is 0.393 e. The number of carbonyl (C=O) groups excluding carboxylic acids is 1. The molecule has 2 N–H and O–H groups in total. The minimum atomic E-state index is -0.204. The van der Waals surface area contributed by atoms with Crippen LogP contribution in [-0.2, 0) is 4.79 Å². The number of allylic oxidation sites excluding steroid dienone is 1. The summed E-state index contributed by atoms with van der Waals surface area (Å²) in [5, 5.41) is 21.5. The Kier molecular flexibility index (Phi) is 5.79. The number of hydrogen-bond donors (Lipinski definition) is 2. The summed E-state index contributed by atoms with van der Waals surface area (Å²) in [4.78, 5) is 11.7. The molecule has 0 radical (unpaired) electrons. The number of aliphatic hydroxyl groups excluding tert-OH is 2.